The van der Waals surface area contributed by atoms with E-state index in [4.69, 9.17) is 9.72 Å². The molecule has 2 aromatic heterocycles. The van der Waals surface area contributed by atoms with Crippen LogP contribution in [0.15, 0.2) is 84.1 Å². The van der Waals surface area contributed by atoms with Gasteiger partial charge < -0.3 is 29.7 Å². The number of H-pyrrole nitrogens is 2. The highest BCUT2D eigenvalue weighted by Gasteiger charge is 2.44. The lowest BCUT2D eigenvalue weighted by molar-refractivity contribution is -0.135. The molecule has 0 radical (unpaired) electrons. The highest BCUT2D eigenvalue weighted by atomic mass is 16.5. The van der Waals surface area contributed by atoms with Crippen molar-refractivity contribution in [2.75, 3.05) is 25.7 Å². The Morgan fingerprint density at radius 2 is 1.44 bits per heavy atom. The SMILES string of the molecule is COC(=O)/N=C/C1CC(=O)c2cccc3c2N(C1=O)[C@H](c1ncc(-c2ccc(-c4ccc(-c5cnc([C@@H]6CCCN6C(=O)[C@@H](NC(=O)OC)C(C)C)[nH]5)cc4)cc2)[nH]1)C3. The van der Waals surface area contributed by atoms with Crippen molar-refractivity contribution >= 4 is 41.7 Å². The number of aliphatic imine (C=N–C) groups is 1. The Morgan fingerprint density at radius 3 is 2.03 bits per heavy atom. The third kappa shape index (κ3) is 7.51. The molecule has 1 unspecified atom stereocenters. The van der Waals surface area contributed by atoms with Crippen LogP contribution in [0.5, 0.6) is 0 Å². The van der Waals surface area contributed by atoms with Crippen molar-refractivity contribution in [1.29, 1.82) is 0 Å². The Balaban J connectivity index is 0.960. The zero-order valence-electron chi connectivity index (χ0n) is 33.1. The van der Waals surface area contributed by atoms with E-state index < -0.39 is 30.2 Å². The number of imidazole rings is 2. The molecule has 3 aromatic carbocycles. The summed E-state index contributed by atoms with van der Waals surface area (Å²) in [4.78, 5) is 87.9. The molecule has 0 saturated carbocycles. The first-order chi connectivity index (χ1) is 28.5. The van der Waals surface area contributed by atoms with Crippen LogP contribution in [0, 0.1) is 11.8 Å². The highest BCUT2D eigenvalue weighted by Crippen LogP contribution is 2.45. The van der Waals surface area contributed by atoms with E-state index in [1.165, 1.54) is 20.4 Å². The number of amides is 4. The normalized spacial score (nSPS) is 19.2. The number of rotatable bonds is 9. The smallest absolute Gasteiger partial charge is 0.432 e. The molecule has 59 heavy (non-hydrogen) atoms. The zero-order valence-corrected chi connectivity index (χ0v) is 33.1. The van der Waals surface area contributed by atoms with E-state index >= 15 is 0 Å². The predicted molar refractivity (Wildman–Crippen MR) is 219 cm³/mol. The lowest BCUT2D eigenvalue weighted by Gasteiger charge is -2.30. The van der Waals surface area contributed by atoms with E-state index in [-0.39, 0.29) is 36.0 Å². The number of aromatic nitrogens is 4. The maximum absolute atomic E-state index is 14.0. The lowest BCUT2D eigenvalue weighted by atomic mass is 9.97. The Labute approximate surface area is 340 Å². The van der Waals surface area contributed by atoms with E-state index in [1.54, 1.807) is 28.3 Å². The van der Waals surface area contributed by atoms with Gasteiger partial charge in [0.15, 0.2) is 5.78 Å². The van der Waals surface area contributed by atoms with Crippen molar-refractivity contribution in [3.63, 3.8) is 0 Å². The van der Waals surface area contributed by atoms with E-state index in [0.29, 0.717) is 35.9 Å². The molecule has 4 atom stereocenters. The average Bonchev–Trinajstić information content (AvgIpc) is 4.09. The summed E-state index contributed by atoms with van der Waals surface area (Å²) >= 11 is 0. The number of carbonyl (C=O) groups excluding carboxylic acids is 5. The number of hydrogen-bond acceptors (Lipinski definition) is 9. The molecule has 0 spiro atoms. The van der Waals surface area contributed by atoms with Crippen LogP contribution in [-0.2, 0) is 25.5 Å². The van der Waals surface area contributed by atoms with Crippen LogP contribution >= 0.6 is 0 Å². The number of Topliss-reactive ketones (excluding diaryl/α,β-unsaturated/α-hetero) is 1. The zero-order chi connectivity index (χ0) is 41.4. The van der Waals surface area contributed by atoms with Gasteiger partial charge in [0.25, 0.3) is 0 Å². The van der Waals surface area contributed by atoms with Gasteiger partial charge in [-0.05, 0) is 52.6 Å². The number of benzene rings is 3. The van der Waals surface area contributed by atoms with Gasteiger partial charge in [-0.1, -0.05) is 74.5 Å². The van der Waals surface area contributed by atoms with E-state index in [0.717, 1.165) is 52.0 Å². The van der Waals surface area contributed by atoms with E-state index in [9.17, 15) is 24.0 Å². The molecule has 8 rings (SSSR count). The van der Waals surface area contributed by atoms with Crippen LogP contribution in [-0.4, -0.2) is 87.6 Å². The number of ether oxygens (including phenoxy) is 2. The third-order valence-electron chi connectivity index (χ3n) is 11.4. The molecule has 1 saturated heterocycles. The number of carbonyl (C=O) groups is 5. The van der Waals surface area contributed by atoms with Crippen LogP contribution < -0.4 is 10.2 Å². The van der Waals surface area contributed by atoms with Gasteiger partial charge in [0.2, 0.25) is 11.8 Å². The molecule has 5 heterocycles. The molecule has 0 bridgehead atoms. The number of anilines is 1. The van der Waals surface area contributed by atoms with Gasteiger partial charge in [-0.25, -0.2) is 19.6 Å². The van der Waals surface area contributed by atoms with Crippen molar-refractivity contribution in [1.82, 2.24) is 30.2 Å². The molecule has 3 N–H and O–H groups in total. The summed E-state index contributed by atoms with van der Waals surface area (Å²) in [5.41, 5.74) is 7.44. The van der Waals surface area contributed by atoms with Gasteiger partial charge >= 0.3 is 12.2 Å². The number of aromatic amines is 2. The summed E-state index contributed by atoms with van der Waals surface area (Å²) in [5, 5.41) is 2.69. The van der Waals surface area contributed by atoms with Crippen LogP contribution in [0.4, 0.5) is 15.3 Å². The number of methoxy groups -OCH3 is 2. The summed E-state index contributed by atoms with van der Waals surface area (Å²) in [6, 6.07) is 20.3. The Bertz CT molecular complexity index is 2450. The van der Waals surface area contributed by atoms with Crippen LogP contribution in [0.25, 0.3) is 33.6 Å². The quantitative estimate of drug-likeness (QED) is 0.134. The predicted octanol–water partition coefficient (Wildman–Crippen LogP) is 6.85. The number of ketones is 1. The van der Waals surface area contributed by atoms with Gasteiger partial charge in [0, 0.05) is 31.2 Å². The lowest BCUT2D eigenvalue weighted by Crippen LogP contribution is -2.51. The van der Waals surface area contributed by atoms with Gasteiger partial charge in [0.1, 0.15) is 17.7 Å². The molecule has 4 amide bonds. The largest absolute Gasteiger partial charge is 0.453 e. The minimum atomic E-state index is -0.933. The van der Waals surface area contributed by atoms with Crippen LogP contribution in [0.3, 0.4) is 0 Å². The molecule has 3 aliphatic heterocycles. The fourth-order valence-corrected chi connectivity index (χ4v) is 8.28. The van der Waals surface area contributed by atoms with Gasteiger partial charge in [-0.15, -0.1) is 0 Å². The second-order valence-corrected chi connectivity index (χ2v) is 15.3. The summed E-state index contributed by atoms with van der Waals surface area (Å²) < 4.78 is 9.36. The fourth-order valence-electron chi connectivity index (χ4n) is 8.28. The monoisotopic (exact) mass is 796 g/mol. The number of nitrogens with zero attached hydrogens (tertiary/aromatic N) is 5. The Morgan fingerprint density at radius 1 is 0.831 bits per heavy atom. The summed E-state index contributed by atoms with van der Waals surface area (Å²) in [7, 11) is 2.48. The maximum atomic E-state index is 14.0. The second kappa shape index (κ2) is 16.2. The number of nitrogens with one attached hydrogen (secondary N) is 3. The van der Waals surface area contributed by atoms with Crippen molar-refractivity contribution in [2.45, 2.75) is 57.7 Å². The molecule has 15 heteroatoms. The minimum absolute atomic E-state index is 0.108. The first kappa shape index (κ1) is 38.9. The number of para-hydroxylation sites is 1. The maximum Gasteiger partial charge on any atom is 0.432 e. The Hall–Kier alpha value is -6.90. The van der Waals surface area contributed by atoms with Crippen molar-refractivity contribution in [3.05, 3.63) is 102 Å². The van der Waals surface area contributed by atoms with Gasteiger partial charge in [-0.3, -0.25) is 19.3 Å². The summed E-state index contributed by atoms with van der Waals surface area (Å²) in [6.07, 6.45) is 5.22. The average molecular weight is 797 g/mol. The van der Waals surface area contributed by atoms with Gasteiger partial charge in [-0.2, -0.15) is 4.99 Å². The molecule has 15 nitrogen and oxygen atoms in total. The molecule has 302 valence electrons. The number of likely N-dealkylation sites (tertiary alicyclic amines) is 1. The van der Waals surface area contributed by atoms with Crippen molar-refractivity contribution in [3.8, 4) is 33.6 Å². The molecular formula is C44H44N8O7. The Kier molecular flexibility index (Phi) is 10.7. The fraction of sp³-hybridized carbons (Fsp3) is 0.318. The van der Waals surface area contributed by atoms with E-state index in [2.05, 4.69) is 30.0 Å². The number of alkyl carbamates (subject to hydrolysis) is 1. The summed E-state index contributed by atoms with van der Waals surface area (Å²) in [6.45, 7) is 4.36. The minimum Gasteiger partial charge on any atom is -0.453 e. The molecule has 5 aromatic rings. The standard InChI is InChI=1S/C44H44N8O7/c1-24(2)37(50-44(57)59-4)42(55)51-18-6-9-34(51)39-45-22-32(48-39)27-14-10-25(11-15-27)26-12-16-28(17-13-26)33-23-46-40(49-33)35-19-29-7-5-8-31-36(53)20-30(21-47-43(56)58-3)41(54)52(35)38(29)31/h5,7-8,10-17,21-24,30,34-35,37H,6,9,18-20H2,1-4H3,(H,45,48)(H,46,49)(H,50,57)/b47-21+/t30?,34-,35-,37-/m0/s1. The van der Waals surface area contributed by atoms with Crippen LogP contribution in [0.2, 0.25) is 0 Å². The highest BCUT2D eigenvalue weighted by molar-refractivity contribution is 6.17. The van der Waals surface area contributed by atoms with E-state index in [1.807, 2.05) is 74.5 Å². The van der Waals surface area contributed by atoms with Crippen molar-refractivity contribution < 1.29 is 33.4 Å². The van der Waals surface area contributed by atoms with Crippen LogP contribution in [0.1, 0.15) is 72.8 Å². The van der Waals surface area contributed by atoms with Crippen molar-refractivity contribution in [2.24, 2.45) is 16.8 Å². The summed E-state index contributed by atoms with van der Waals surface area (Å²) in [5.74, 6) is -0.446. The first-order valence-corrected chi connectivity index (χ1v) is 19.6. The third-order valence-corrected chi connectivity index (χ3v) is 11.4. The topological polar surface area (TPSA) is 192 Å². The van der Waals surface area contributed by atoms with Gasteiger partial charge in [0.05, 0.1) is 61.7 Å². The number of hydrogen-bond donors (Lipinski definition) is 3. The second-order valence-electron chi connectivity index (χ2n) is 15.3. The molecular weight excluding hydrogens is 753 g/mol. The molecule has 3 aliphatic rings. The first-order valence-electron chi connectivity index (χ1n) is 19.6. The molecule has 0 aliphatic carbocycles. The molecule has 1 fully saturated rings.